The first kappa shape index (κ1) is 26.7. The van der Waals surface area contributed by atoms with E-state index in [4.69, 9.17) is 0 Å². The summed E-state index contributed by atoms with van der Waals surface area (Å²) in [5, 5.41) is 3.13. The smallest absolute Gasteiger partial charge is 0.246 e. The van der Waals surface area contributed by atoms with Crippen LogP contribution in [0.15, 0.2) is 30.3 Å². The molecule has 2 fully saturated rings. The van der Waals surface area contributed by atoms with Crippen LogP contribution in [0, 0.1) is 11.8 Å². The molecule has 0 radical (unpaired) electrons. The second-order valence-electron chi connectivity index (χ2n) is 11.1. The average molecular weight is 470 g/mol. The van der Waals surface area contributed by atoms with Crippen molar-refractivity contribution in [3.63, 3.8) is 0 Å². The van der Waals surface area contributed by atoms with Crippen LogP contribution in [0.3, 0.4) is 0 Å². The number of nitrogens with one attached hydrogen (secondary N) is 1. The highest BCUT2D eigenvalue weighted by Crippen LogP contribution is 2.35. The SMILES string of the molecule is CCC(C)CN1C(=O)[C@H](CC(C)C)NC(=O)C12CCN(CCCCCCc1ccccc1)CC2. The molecule has 1 aromatic carbocycles. The molecule has 2 atom stereocenters. The first-order chi connectivity index (χ1) is 16.4. The predicted molar refractivity (Wildman–Crippen MR) is 140 cm³/mol. The lowest BCUT2D eigenvalue weighted by Crippen LogP contribution is -2.73. The third-order valence-corrected chi connectivity index (χ3v) is 7.92. The molecule has 190 valence electrons. The zero-order valence-corrected chi connectivity index (χ0v) is 22.0. The Morgan fingerprint density at radius 1 is 1.00 bits per heavy atom. The zero-order chi connectivity index (χ0) is 24.6. The van der Waals surface area contributed by atoms with Gasteiger partial charge in [-0.2, -0.15) is 0 Å². The van der Waals surface area contributed by atoms with Crippen molar-refractivity contribution in [2.24, 2.45) is 11.8 Å². The van der Waals surface area contributed by atoms with Gasteiger partial charge in [-0.25, -0.2) is 0 Å². The van der Waals surface area contributed by atoms with Gasteiger partial charge in [0.05, 0.1) is 0 Å². The second-order valence-corrected chi connectivity index (χ2v) is 11.1. The third kappa shape index (κ3) is 6.84. The monoisotopic (exact) mass is 469 g/mol. The van der Waals surface area contributed by atoms with Crippen LogP contribution in [-0.4, -0.2) is 59.4 Å². The fraction of sp³-hybridized carbons (Fsp3) is 0.724. The maximum absolute atomic E-state index is 13.5. The summed E-state index contributed by atoms with van der Waals surface area (Å²) in [5.74, 6) is 1.01. The zero-order valence-electron chi connectivity index (χ0n) is 22.0. The normalized spacial score (nSPS) is 21.8. The van der Waals surface area contributed by atoms with Crippen molar-refractivity contribution in [3.8, 4) is 0 Å². The van der Waals surface area contributed by atoms with Gasteiger partial charge in [0, 0.05) is 19.6 Å². The number of amides is 2. The molecule has 0 aliphatic carbocycles. The van der Waals surface area contributed by atoms with E-state index in [9.17, 15) is 9.59 Å². The maximum Gasteiger partial charge on any atom is 0.246 e. The maximum atomic E-state index is 13.5. The van der Waals surface area contributed by atoms with Crippen molar-refractivity contribution in [1.82, 2.24) is 15.1 Å². The van der Waals surface area contributed by atoms with E-state index in [1.807, 2.05) is 4.90 Å². The van der Waals surface area contributed by atoms with Crippen molar-refractivity contribution in [2.45, 2.75) is 97.1 Å². The number of piperidine rings is 1. The molecule has 5 nitrogen and oxygen atoms in total. The molecule has 2 aliphatic rings. The van der Waals surface area contributed by atoms with E-state index >= 15 is 0 Å². The molecule has 1 N–H and O–H groups in total. The van der Waals surface area contributed by atoms with Crippen molar-refractivity contribution in [2.75, 3.05) is 26.2 Å². The number of likely N-dealkylation sites (tertiary alicyclic amines) is 1. The number of aryl methyl sites for hydroxylation is 1. The van der Waals surface area contributed by atoms with Gasteiger partial charge in [0.15, 0.2) is 0 Å². The minimum Gasteiger partial charge on any atom is -0.342 e. The van der Waals surface area contributed by atoms with Gasteiger partial charge < -0.3 is 15.1 Å². The van der Waals surface area contributed by atoms with Gasteiger partial charge in [-0.05, 0) is 62.5 Å². The van der Waals surface area contributed by atoms with Crippen LogP contribution in [0.2, 0.25) is 0 Å². The molecule has 3 rings (SSSR count). The molecule has 34 heavy (non-hydrogen) atoms. The van der Waals surface area contributed by atoms with Gasteiger partial charge in [-0.15, -0.1) is 0 Å². The molecule has 2 saturated heterocycles. The molecule has 1 spiro atoms. The standard InChI is InChI=1S/C29H47N3O2/c1-5-24(4)22-32-27(33)26(21-23(2)3)30-28(34)29(32)16-19-31(20-17-29)18-12-7-6-9-13-25-14-10-8-11-15-25/h8,10-11,14-15,23-24,26H,5-7,9,12-13,16-22H2,1-4H3,(H,30,34)/t24?,26-/m0/s1. The number of hydrogen-bond acceptors (Lipinski definition) is 3. The molecule has 2 amide bonds. The highest BCUT2D eigenvalue weighted by atomic mass is 16.2. The Hall–Kier alpha value is -1.88. The van der Waals surface area contributed by atoms with Crippen molar-refractivity contribution in [3.05, 3.63) is 35.9 Å². The molecular weight excluding hydrogens is 422 g/mol. The van der Waals surface area contributed by atoms with Gasteiger partial charge >= 0.3 is 0 Å². The van der Waals surface area contributed by atoms with Crippen LogP contribution in [0.1, 0.15) is 84.6 Å². The largest absolute Gasteiger partial charge is 0.342 e. The summed E-state index contributed by atoms with van der Waals surface area (Å²) < 4.78 is 0. The topological polar surface area (TPSA) is 52.7 Å². The van der Waals surface area contributed by atoms with Gasteiger partial charge in [0.1, 0.15) is 11.6 Å². The number of hydrogen-bond donors (Lipinski definition) is 1. The van der Waals surface area contributed by atoms with Crippen LogP contribution >= 0.6 is 0 Å². The molecule has 0 saturated carbocycles. The van der Waals surface area contributed by atoms with Crippen molar-refractivity contribution >= 4 is 11.8 Å². The van der Waals surface area contributed by atoms with Gasteiger partial charge in [0.25, 0.3) is 0 Å². The average Bonchev–Trinajstić information content (AvgIpc) is 2.83. The van der Waals surface area contributed by atoms with Crippen molar-refractivity contribution in [1.29, 1.82) is 0 Å². The van der Waals surface area contributed by atoms with E-state index in [2.05, 4.69) is 68.2 Å². The minimum atomic E-state index is -0.653. The summed E-state index contributed by atoms with van der Waals surface area (Å²) in [5.41, 5.74) is 0.780. The summed E-state index contributed by atoms with van der Waals surface area (Å²) in [4.78, 5) is 31.4. The van der Waals surface area contributed by atoms with Gasteiger partial charge in [0.2, 0.25) is 11.8 Å². The van der Waals surface area contributed by atoms with E-state index in [0.29, 0.717) is 24.8 Å². The lowest BCUT2D eigenvalue weighted by Gasteiger charge is -2.52. The van der Waals surface area contributed by atoms with E-state index < -0.39 is 5.54 Å². The Kier molecular flexibility index (Phi) is 9.99. The number of unbranched alkanes of at least 4 members (excludes halogenated alkanes) is 3. The first-order valence-electron chi connectivity index (χ1n) is 13.7. The van der Waals surface area contributed by atoms with E-state index in [0.717, 1.165) is 38.9 Å². The lowest BCUT2D eigenvalue weighted by atomic mass is 9.80. The molecule has 0 aromatic heterocycles. The molecule has 2 heterocycles. The highest BCUT2D eigenvalue weighted by Gasteiger charge is 2.53. The number of benzene rings is 1. The summed E-state index contributed by atoms with van der Waals surface area (Å²) in [7, 11) is 0. The van der Waals surface area contributed by atoms with Crippen LogP contribution in [0.5, 0.6) is 0 Å². The van der Waals surface area contributed by atoms with Gasteiger partial charge in [-0.3, -0.25) is 9.59 Å². The number of carbonyl (C=O) groups excluding carboxylic acids is 2. The summed E-state index contributed by atoms with van der Waals surface area (Å²) >= 11 is 0. The molecule has 1 aromatic rings. The second kappa shape index (κ2) is 12.7. The molecule has 1 unspecified atom stereocenters. The van der Waals surface area contributed by atoms with Gasteiger partial charge in [-0.1, -0.05) is 77.3 Å². The fourth-order valence-electron chi connectivity index (χ4n) is 5.52. The first-order valence-corrected chi connectivity index (χ1v) is 13.7. The lowest BCUT2D eigenvalue weighted by molar-refractivity contribution is -0.162. The van der Waals surface area contributed by atoms with E-state index in [-0.39, 0.29) is 17.9 Å². The Bertz CT molecular complexity index is 771. The summed E-state index contributed by atoms with van der Waals surface area (Å²) in [6.45, 7) is 12.2. The minimum absolute atomic E-state index is 0.0848. The number of carbonyl (C=O) groups is 2. The van der Waals surface area contributed by atoms with E-state index in [1.165, 1.54) is 37.7 Å². The Balaban J connectivity index is 1.49. The fourth-order valence-corrected chi connectivity index (χ4v) is 5.52. The summed E-state index contributed by atoms with van der Waals surface area (Å²) in [6, 6.07) is 10.4. The molecular formula is C29H47N3O2. The summed E-state index contributed by atoms with van der Waals surface area (Å²) in [6.07, 6.45) is 9.39. The molecule has 2 aliphatic heterocycles. The Morgan fingerprint density at radius 3 is 2.32 bits per heavy atom. The van der Waals surface area contributed by atoms with E-state index in [1.54, 1.807) is 0 Å². The highest BCUT2D eigenvalue weighted by molar-refractivity contribution is 6.00. The predicted octanol–water partition coefficient (Wildman–Crippen LogP) is 5.04. The Morgan fingerprint density at radius 2 is 1.68 bits per heavy atom. The Labute approximate surface area is 207 Å². The number of piperazine rings is 1. The van der Waals surface area contributed by atoms with Crippen LogP contribution in [-0.2, 0) is 16.0 Å². The molecule has 5 heteroatoms. The quantitative estimate of drug-likeness (QED) is 0.436. The van der Waals surface area contributed by atoms with Crippen LogP contribution in [0.4, 0.5) is 0 Å². The number of nitrogens with zero attached hydrogens (tertiary/aromatic N) is 2. The number of rotatable bonds is 12. The van der Waals surface area contributed by atoms with Crippen LogP contribution in [0.25, 0.3) is 0 Å². The van der Waals surface area contributed by atoms with Crippen LogP contribution < -0.4 is 5.32 Å². The van der Waals surface area contributed by atoms with Crippen molar-refractivity contribution < 1.29 is 9.59 Å². The third-order valence-electron chi connectivity index (χ3n) is 7.92. The molecule has 0 bridgehead atoms.